The molecule has 2 heteroatoms. The zero-order valence-electron chi connectivity index (χ0n) is 8.43. The zero-order valence-corrected chi connectivity index (χ0v) is 10.0. The van der Waals surface area contributed by atoms with Crippen LogP contribution in [0.2, 0.25) is 0 Å². The van der Waals surface area contributed by atoms with E-state index < -0.39 is 0 Å². The molecule has 0 heterocycles. The Balaban J connectivity index is 2.89. The number of hydrogen-bond acceptors (Lipinski definition) is 0. The predicted molar refractivity (Wildman–Crippen MR) is 63.0 cm³/mol. The fraction of sp³-hybridized carbons (Fsp3) is 0.333. The summed E-state index contributed by atoms with van der Waals surface area (Å²) < 4.78 is 12.6. The summed E-state index contributed by atoms with van der Waals surface area (Å²) in [5.74, 6) is 0.325. The van der Waals surface area contributed by atoms with Crippen LogP contribution in [0.15, 0.2) is 29.8 Å². The monoisotopic (exact) mass is 256 g/mol. The van der Waals surface area contributed by atoms with Gasteiger partial charge in [0.05, 0.1) is 0 Å². The Morgan fingerprint density at radius 2 is 1.93 bits per heavy atom. The average molecular weight is 257 g/mol. The summed E-state index contributed by atoms with van der Waals surface area (Å²) in [6.45, 7) is 4.30. The van der Waals surface area contributed by atoms with Crippen molar-refractivity contribution >= 4 is 22.0 Å². The SMILES string of the molecule is CC(C)C(=Cc1ccc(F)cc1)CBr. The van der Waals surface area contributed by atoms with Crippen molar-refractivity contribution < 1.29 is 4.39 Å². The van der Waals surface area contributed by atoms with Crippen LogP contribution in [0.4, 0.5) is 4.39 Å². The second-order valence-electron chi connectivity index (χ2n) is 3.56. The van der Waals surface area contributed by atoms with Crippen molar-refractivity contribution in [2.75, 3.05) is 5.33 Å². The third-order valence-electron chi connectivity index (χ3n) is 2.12. The smallest absolute Gasteiger partial charge is 0.123 e. The maximum Gasteiger partial charge on any atom is 0.123 e. The van der Waals surface area contributed by atoms with Crippen LogP contribution in [0.1, 0.15) is 19.4 Å². The van der Waals surface area contributed by atoms with Crippen LogP contribution in [0.3, 0.4) is 0 Å². The lowest BCUT2D eigenvalue weighted by Crippen LogP contribution is -1.94. The molecule has 14 heavy (non-hydrogen) atoms. The van der Waals surface area contributed by atoms with Crippen LogP contribution in [0.25, 0.3) is 6.08 Å². The zero-order chi connectivity index (χ0) is 10.6. The molecule has 0 nitrogen and oxygen atoms in total. The molecule has 0 unspecified atom stereocenters. The highest BCUT2D eigenvalue weighted by atomic mass is 79.9. The first-order valence-electron chi connectivity index (χ1n) is 4.65. The minimum atomic E-state index is -0.188. The molecule has 1 aromatic carbocycles. The van der Waals surface area contributed by atoms with Crippen molar-refractivity contribution in [1.29, 1.82) is 0 Å². The Morgan fingerprint density at radius 1 is 1.36 bits per heavy atom. The molecule has 0 atom stereocenters. The number of hydrogen-bond donors (Lipinski definition) is 0. The first-order chi connectivity index (χ1) is 6.63. The lowest BCUT2D eigenvalue weighted by Gasteiger charge is -2.07. The Labute approximate surface area is 93.0 Å². The van der Waals surface area contributed by atoms with Gasteiger partial charge in [-0.3, -0.25) is 0 Å². The van der Waals surface area contributed by atoms with Gasteiger partial charge in [0.1, 0.15) is 5.82 Å². The highest BCUT2D eigenvalue weighted by Gasteiger charge is 2.01. The second-order valence-corrected chi connectivity index (χ2v) is 4.12. The van der Waals surface area contributed by atoms with E-state index in [0.717, 1.165) is 10.9 Å². The van der Waals surface area contributed by atoms with Crippen LogP contribution in [0, 0.1) is 11.7 Å². The standard InChI is InChI=1S/C12H14BrF/c1-9(2)11(8-13)7-10-3-5-12(14)6-4-10/h3-7,9H,8H2,1-2H3. The Morgan fingerprint density at radius 3 is 2.36 bits per heavy atom. The normalized spacial score (nSPS) is 12.2. The molecular formula is C12H14BrF. The lowest BCUT2D eigenvalue weighted by molar-refractivity contribution is 0.627. The van der Waals surface area contributed by atoms with Gasteiger partial charge in [0.25, 0.3) is 0 Å². The Bertz CT molecular complexity index is 312. The molecule has 0 bridgehead atoms. The maximum atomic E-state index is 12.6. The molecular weight excluding hydrogens is 243 g/mol. The molecule has 0 aliphatic heterocycles. The minimum Gasteiger partial charge on any atom is -0.207 e. The van der Waals surface area contributed by atoms with Crippen molar-refractivity contribution in [3.63, 3.8) is 0 Å². The molecule has 0 saturated heterocycles. The van der Waals surface area contributed by atoms with E-state index in [1.54, 1.807) is 12.1 Å². The van der Waals surface area contributed by atoms with Crippen LogP contribution in [0.5, 0.6) is 0 Å². The van der Waals surface area contributed by atoms with Gasteiger partial charge in [0.15, 0.2) is 0 Å². The summed E-state index contributed by atoms with van der Waals surface area (Å²) in [6.07, 6.45) is 2.10. The first kappa shape index (κ1) is 11.4. The molecule has 0 aliphatic rings. The second kappa shape index (κ2) is 5.30. The highest BCUT2D eigenvalue weighted by Crippen LogP contribution is 2.17. The summed E-state index contributed by atoms with van der Waals surface area (Å²) in [7, 11) is 0. The molecule has 1 rings (SSSR count). The van der Waals surface area contributed by atoms with Gasteiger partial charge in [-0.15, -0.1) is 0 Å². The molecule has 0 radical (unpaired) electrons. The van der Waals surface area contributed by atoms with Gasteiger partial charge in [-0.1, -0.05) is 53.6 Å². The van der Waals surface area contributed by atoms with E-state index in [-0.39, 0.29) is 5.82 Å². The molecule has 0 aromatic heterocycles. The lowest BCUT2D eigenvalue weighted by atomic mass is 10.0. The highest BCUT2D eigenvalue weighted by molar-refractivity contribution is 9.09. The van der Waals surface area contributed by atoms with Crippen molar-refractivity contribution in [2.24, 2.45) is 5.92 Å². The molecule has 1 aromatic rings. The van der Waals surface area contributed by atoms with Gasteiger partial charge in [-0.05, 0) is 23.6 Å². The molecule has 0 fully saturated rings. The summed E-state index contributed by atoms with van der Waals surface area (Å²) in [5.41, 5.74) is 2.37. The summed E-state index contributed by atoms with van der Waals surface area (Å²) in [5, 5.41) is 0.863. The summed E-state index contributed by atoms with van der Waals surface area (Å²) >= 11 is 3.45. The third-order valence-corrected chi connectivity index (χ3v) is 2.77. The molecule has 0 amide bonds. The maximum absolute atomic E-state index is 12.6. The Hall–Kier alpha value is -0.630. The van der Waals surface area contributed by atoms with E-state index >= 15 is 0 Å². The van der Waals surface area contributed by atoms with Gasteiger partial charge >= 0.3 is 0 Å². The van der Waals surface area contributed by atoms with Crippen molar-refractivity contribution in [1.82, 2.24) is 0 Å². The summed E-state index contributed by atoms with van der Waals surface area (Å²) in [6, 6.07) is 6.55. The van der Waals surface area contributed by atoms with Crippen molar-refractivity contribution in [3.8, 4) is 0 Å². The van der Waals surface area contributed by atoms with Gasteiger partial charge < -0.3 is 0 Å². The number of alkyl halides is 1. The van der Waals surface area contributed by atoms with Gasteiger partial charge in [0, 0.05) is 5.33 Å². The van der Waals surface area contributed by atoms with Crippen LogP contribution in [-0.2, 0) is 0 Å². The fourth-order valence-electron chi connectivity index (χ4n) is 1.13. The number of rotatable bonds is 3. The van der Waals surface area contributed by atoms with E-state index in [4.69, 9.17) is 0 Å². The minimum absolute atomic E-state index is 0.188. The van der Waals surface area contributed by atoms with E-state index in [9.17, 15) is 4.39 Å². The van der Waals surface area contributed by atoms with Crippen LogP contribution < -0.4 is 0 Å². The molecule has 0 N–H and O–H groups in total. The largest absolute Gasteiger partial charge is 0.207 e. The molecule has 0 spiro atoms. The van der Waals surface area contributed by atoms with E-state index in [0.29, 0.717) is 5.92 Å². The van der Waals surface area contributed by atoms with E-state index in [2.05, 4.69) is 35.9 Å². The van der Waals surface area contributed by atoms with Crippen LogP contribution >= 0.6 is 15.9 Å². The topological polar surface area (TPSA) is 0 Å². The quantitative estimate of drug-likeness (QED) is 0.710. The average Bonchev–Trinajstić information content (AvgIpc) is 2.16. The van der Waals surface area contributed by atoms with Gasteiger partial charge in [0.2, 0.25) is 0 Å². The first-order valence-corrected chi connectivity index (χ1v) is 5.77. The van der Waals surface area contributed by atoms with Crippen molar-refractivity contribution in [2.45, 2.75) is 13.8 Å². The van der Waals surface area contributed by atoms with Crippen molar-refractivity contribution in [3.05, 3.63) is 41.2 Å². The van der Waals surface area contributed by atoms with Gasteiger partial charge in [-0.2, -0.15) is 0 Å². The van der Waals surface area contributed by atoms with E-state index in [1.807, 2.05) is 0 Å². The third kappa shape index (κ3) is 3.26. The molecule has 76 valence electrons. The summed E-state index contributed by atoms with van der Waals surface area (Å²) in [4.78, 5) is 0. The fourth-order valence-corrected chi connectivity index (χ4v) is 1.94. The predicted octanol–water partition coefficient (Wildman–Crippen LogP) is 4.26. The number of halogens is 2. The Kier molecular flexibility index (Phi) is 4.33. The van der Waals surface area contributed by atoms with Gasteiger partial charge in [-0.25, -0.2) is 4.39 Å². The molecule has 0 saturated carbocycles. The van der Waals surface area contributed by atoms with Crippen LogP contribution in [-0.4, -0.2) is 5.33 Å². The van der Waals surface area contributed by atoms with E-state index in [1.165, 1.54) is 17.7 Å². The molecule has 0 aliphatic carbocycles. The number of benzene rings is 1. The number of allylic oxidation sites excluding steroid dienone is 1.